The van der Waals surface area contributed by atoms with Crippen molar-refractivity contribution in [3.8, 4) is 0 Å². The quantitative estimate of drug-likeness (QED) is 0.683. The molecule has 0 radical (unpaired) electrons. The predicted octanol–water partition coefficient (Wildman–Crippen LogP) is 5.19. The van der Waals surface area contributed by atoms with Crippen molar-refractivity contribution in [3.05, 3.63) is 66.8 Å². The van der Waals surface area contributed by atoms with Gasteiger partial charge in [-0.05, 0) is 51.8 Å². The Labute approximate surface area is 129 Å². The van der Waals surface area contributed by atoms with Crippen LogP contribution in [0.25, 0.3) is 0 Å². The van der Waals surface area contributed by atoms with Gasteiger partial charge in [0.05, 0.1) is 4.47 Å². The molecule has 1 N–H and O–H groups in total. The summed E-state index contributed by atoms with van der Waals surface area (Å²) in [7, 11) is 0. The molecule has 0 aliphatic carbocycles. The summed E-state index contributed by atoms with van der Waals surface area (Å²) in [5.74, 6) is -0.391. The second-order valence-corrected chi connectivity index (χ2v) is 6.37. The molecule has 0 amide bonds. The zero-order valence-corrected chi connectivity index (χ0v) is 13.8. The molecule has 2 aromatic carbocycles. The molecule has 0 heterocycles. The van der Waals surface area contributed by atoms with Crippen LogP contribution in [0.2, 0.25) is 0 Å². The van der Waals surface area contributed by atoms with Gasteiger partial charge in [-0.2, -0.15) is 0 Å². The molecule has 0 saturated heterocycles. The van der Waals surface area contributed by atoms with Crippen molar-refractivity contribution in [2.24, 2.45) is 0 Å². The van der Waals surface area contributed by atoms with Crippen molar-refractivity contribution in [2.45, 2.75) is 6.10 Å². The molecular formula is C13H8Br3FO. The highest BCUT2D eigenvalue weighted by molar-refractivity contribution is 9.11. The van der Waals surface area contributed by atoms with Gasteiger partial charge in [-0.3, -0.25) is 0 Å². The number of aliphatic hydroxyl groups excluding tert-OH is 1. The fourth-order valence-corrected chi connectivity index (χ4v) is 2.68. The minimum Gasteiger partial charge on any atom is -0.384 e. The van der Waals surface area contributed by atoms with Gasteiger partial charge >= 0.3 is 0 Å². The normalized spacial score (nSPS) is 12.5. The summed E-state index contributed by atoms with van der Waals surface area (Å²) < 4.78 is 15.5. The summed E-state index contributed by atoms with van der Waals surface area (Å²) in [6.07, 6.45) is -0.875. The van der Waals surface area contributed by atoms with Gasteiger partial charge in [0.25, 0.3) is 0 Å². The third-order valence-corrected chi connectivity index (χ3v) is 4.37. The number of rotatable bonds is 2. The molecule has 0 aromatic heterocycles. The molecule has 94 valence electrons. The van der Waals surface area contributed by atoms with Crippen molar-refractivity contribution >= 4 is 47.8 Å². The van der Waals surface area contributed by atoms with Crippen LogP contribution in [0.3, 0.4) is 0 Å². The average molecular weight is 439 g/mol. The van der Waals surface area contributed by atoms with E-state index in [9.17, 15) is 9.50 Å². The molecule has 0 aliphatic rings. The molecule has 0 bridgehead atoms. The van der Waals surface area contributed by atoms with Gasteiger partial charge in [0.15, 0.2) is 0 Å². The second kappa shape index (κ2) is 5.82. The van der Waals surface area contributed by atoms with Gasteiger partial charge in [-0.15, -0.1) is 0 Å². The molecule has 0 fully saturated rings. The van der Waals surface area contributed by atoms with E-state index in [0.29, 0.717) is 15.6 Å². The highest BCUT2D eigenvalue weighted by atomic mass is 79.9. The molecule has 1 unspecified atom stereocenters. The summed E-state index contributed by atoms with van der Waals surface area (Å²) in [5.41, 5.74) is 1.19. The van der Waals surface area contributed by atoms with Gasteiger partial charge in [-0.1, -0.05) is 37.9 Å². The van der Waals surface area contributed by atoms with Crippen LogP contribution in [-0.4, -0.2) is 5.11 Å². The average Bonchev–Trinajstić information content (AvgIpc) is 2.35. The number of hydrogen-bond donors (Lipinski definition) is 1. The molecule has 2 aromatic rings. The van der Waals surface area contributed by atoms with E-state index in [2.05, 4.69) is 47.8 Å². The molecule has 0 spiro atoms. The first-order valence-corrected chi connectivity index (χ1v) is 7.45. The molecule has 1 nitrogen and oxygen atoms in total. The predicted molar refractivity (Wildman–Crippen MR) is 80.0 cm³/mol. The van der Waals surface area contributed by atoms with Crippen molar-refractivity contribution in [3.63, 3.8) is 0 Å². The standard InChI is InChI=1S/C13H8Br3FO/c14-8-2-4-10(15)9(6-8)13(18)7-1-3-11(16)12(17)5-7/h1-6,13,18H. The van der Waals surface area contributed by atoms with Crippen LogP contribution < -0.4 is 0 Å². The van der Waals surface area contributed by atoms with E-state index < -0.39 is 11.9 Å². The first kappa shape index (κ1) is 14.2. The molecular weight excluding hydrogens is 431 g/mol. The second-order valence-electron chi connectivity index (χ2n) is 3.74. The third-order valence-electron chi connectivity index (χ3n) is 2.51. The Morgan fingerprint density at radius 1 is 0.944 bits per heavy atom. The summed E-state index contributed by atoms with van der Waals surface area (Å²) in [6.45, 7) is 0. The number of hydrogen-bond acceptors (Lipinski definition) is 1. The Hall–Kier alpha value is -0.230. The summed E-state index contributed by atoms with van der Waals surface area (Å²) >= 11 is 9.81. The van der Waals surface area contributed by atoms with E-state index in [1.54, 1.807) is 18.2 Å². The monoisotopic (exact) mass is 436 g/mol. The minimum atomic E-state index is -0.875. The molecule has 0 aliphatic heterocycles. The fraction of sp³-hybridized carbons (Fsp3) is 0.0769. The SMILES string of the molecule is OC(c1ccc(Br)c(F)c1)c1cc(Br)ccc1Br. The maximum atomic E-state index is 13.5. The maximum Gasteiger partial charge on any atom is 0.137 e. The first-order valence-electron chi connectivity index (χ1n) is 5.07. The molecule has 5 heteroatoms. The van der Waals surface area contributed by atoms with E-state index in [1.165, 1.54) is 6.07 Å². The molecule has 1 atom stereocenters. The van der Waals surface area contributed by atoms with E-state index >= 15 is 0 Å². The Morgan fingerprint density at radius 2 is 1.61 bits per heavy atom. The van der Waals surface area contributed by atoms with Crippen molar-refractivity contribution in [2.75, 3.05) is 0 Å². The van der Waals surface area contributed by atoms with Crippen LogP contribution in [0.5, 0.6) is 0 Å². The lowest BCUT2D eigenvalue weighted by Gasteiger charge is -2.14. The van der Waals surface area contributed by atoms with Crippen LogP contribution >= 0.6 is 47.8 Å². The van der Waals surface area contributed by atoms with Crippen molar-refractivity contribution < 1.29 is 9.50 Å². The largest absolute Gasteiger partial charge is 0.384 e. The van der Waals surface area contributed by atoms with E-state index in [1.807, 2.05) is 12.1 Å². The smallest absolute Gasteiger partial charge is 0.137 e. The van der Waals surface area contributed by atoms with Crippen molar-refractivity contribution in [1.82, 2.24) is 0 Å². The van der Waals surface area contributed by atoms with Crippen LogP contribution in [0.15, 0.2) is 49.8 Å². The summed E-state index contributed by atoms with van der Waals surface area (Å²) in [6, 6.07) is 10.1. The Balaban J connectivity index is 2.44. The van der Waals surface area contributed by atoms with E-state index in [-0.39, 0.29) is 0 Å². The fourth-order valence-electron chi connectivity index (χ4n) is 1.59. The number of halogens is 4. The Morgan fingerprint density at radius 3 is 2.28 bits per heavy atom. The Kier molecular flexibility index (Phi) is 4.59. The maximum absolute atomic E-state index is 13.5. The first-order chi connectivity index (χ1) is 8.49. The van der Waals surface area contributed by atoms with Crippen LogP contribution in [0, 0.1) is 5.82 Å². The lowest BCUT2D eigenvalue weighted by molar-refractivity contribution is 0.219. The topological polar surface area (TPSA) is 20.2 Å². The van der Waals surface area contributed by atoms with E-state index in [0.717, 1.165) is 8.95 Å². The zero-order chi connectivity index (χ0) is 13.3. The molecule has 0 saturated carbocycles. The van der Waals surface area contributed by atoms with Gasteiger partial charge in [0.1, 0.15) is 11.9 Å². The van der Waals surface area contributed by atoms with Crippen LogP contribution in [0.4, 0.5) is 4.39 Å². The number of aliphatic hydroxyl groups is 1. The third kappa shape index (κ3) is 3.02. The van der Waals surface area contributed by atoms with E-state index in [4.69, 9.17) is 0 Å². The summed E-state index contributed by atoms with van der Waals surface area (Å²) in [5, 5.41) is 10.3. The minimum absolute atomic E-state index is 0.381. The molecule has 2 rings (SSSR count). The zero-order valence-electron chi connectivity index (χ0n) is 9.00. The lowest BCUT2D eigenvalue weighted by atomic mass is 10.0. The Bertz CT molecular complexity index is 586. The molecule has 18 heavy (non-hydrogen) atoms. The van der Waals surface area contributed by atoms with Crippen LogP contribution in [0.1, 0.15) is 17.2 Å². The van der Waals surface area contributed by atoms with Gasteiger partial charge in [-0.25, -0.2) is 4.39 Å². The van der Waals surface area contributed by atoms with Gasteiger partial charge < -0.3 is 5.11 Å². The number of benzene rings is 2. The van der Waals surface area contributed by atoms with Gasteiger partial charge in [0, 0.05) is 14.5 Å². The lowest BCUT2D eigenvalue weighted by Crippen LogP contribution is -2.01. The highest BCUT2D eigenvalue weighted by Gasteiger charge is 2.15. The highest BCUT2D eigenvalue weighted by Crippen LogP contribution is 2.32. The van der Waals surface area contributed by atoms with Crippen LogP contribution in [-0.2, 0) is 0 Å². The van der Waals surface area contributed by atoms with Crippen molar-refractivity contribution in [1.29, 1.82) is 0 Å². The summed E-state index contributed by atoms with van der Waals surface area (Å²) in [4.78, 5) is 0. The van der Waals surface area contributed by atoms with Gasteiger partial charge in [0.2, 0.25) is 0 Å².